The van der Waals surface area contributed by atoms with E-state index in [4.69, 9.17) is 9.72 Å². The number of benzene rings is 2. The maximum atomic E-state index is 13.9. The van der Waals surface area contributed by atoms with Crippen molar-refractivity contribution in [1.82, 2.24) is 9.29 Å². The first-order chi connectivity index (χ1) is 18.3. The summed E-state index contributed by atoms with van der Waals surface area (Å²) in [6.45, 7) is 7.99. The first-order valence-corrected chi connectivity index (χ1v) is 16.0. The molecule has 2 aromatic carbocycles. The fourth-order valence-corrected chi connectivity index (χ4v) is 8.31. The lowest BCUT2D eigenvalue weighted by atomic mass is 10.0. The molecule has 1 aromatic heterocycles. The van der Waals surface area contributed by atoms with E-state index in [1.165, 1.54) is 11.3 Å². The van der Waals surface area contributed by atoms with Gasteiger partial charge in [0, 0.05) is 24.8 Å². The van der Waals surface area contributed by atoms with E-state index in [0.717, 1.165) is 54.3 Å². The number of amides is 1. The summed E-state index contributed by atoms with van der Waals surface area (Å²) < 4.78 is 35.4. The van der Waals surface area contributed by atoms with Crippen molar-refractivity contribution in [2.75, 3.05) is 24.6 Å². The fraction of sp³-hybridized carbons (Fsp3) is 0.517. The summed E-state index contributed by atoms with van der Waals surface area (Å²) >= 11 is 1.51. The van der Waals surface area contributed by atoms with Crippen molar-refractivity contribution in [2.45, 2.75) is 82.3 Å². The van der Waals surface area contributed by atoms with Crippen LogP contribution in [-0.4, -0.2) is 55.5 Å². The molecule has 2 fully saturated rings. The number of anilines is 1. The largest absolute Gasteiger partial charge is 0.376 e. The zero-order valence-electron chi connectivity index (χ0n) is 22.4. The number of para-hydroxylation sites is 1. The number of piperidine rings is 1. The van der Waals surface area contributed by atoms with Crippen molar-refractivity contribution in [1.29, 1.82) is 0 Å². The van der Waals surface area contributed by atoms with Crippen molar-refractivity contribution in [3.63, 3.8) is 0 Å². The molecule has 5 rings (SSSR count). The van der Waals surface area contributed by atoms with Gasteiger partial charge in [-0.2, -0.15) is 4.31 Å². The summed E-state index contributed by atoms with van der Waals surface area (Å²) in [4.78, 5) is 20.7. The van der Waals surface area contributed by atoms with Crippen molar-refractivity contribution >= 4 is 42.6 Å². The lowest BCUT2D eigenvalue weighted by molar-refractivity contribution is 0.0917. The summed E-state index contributed by atoms with van der Waals surface area (Å²) in [7, 11) is -3.61. The Kier molecular flexibility index (Phi) is 8.19. The molecule has 38 heavy (non-hydrogen) atoms. The Labute approximate surface area is 229 Å². The molecule has 0 radical (unpaired) electrons. The molecule has 7 nitrogen and oxygen atoms in total. The van der Waals surface area contributed by atoms with Gasteiger partial charge < -0.3 is 4.74 Å². The van der Waals surface area contributed by atoms with Crippen molar-refractivity contribution in [3.8, 4) is 0 Å². The highest BCUT2D eigenvalue weighted by Gasteiger charge is 2.33. The molecule has 3 aromatic rings. The van der Waals surface area contributed by atoms with Gasteiger partial charge in [-0.1, -0.05) is 50.7 Å². The van der Waals surface area contributed by atoms with Crippen LogP contribution in [0.4, 0.5) is 5.13 Å². The highest BCUT2D eigenvalue weighted by Crippen LogP contribution is 2.35. The van der Waals surface area contributed by atoms with Crippen LogP contribution in [0.25, 0.3) is 10.2 Å². The minimum Gasteiger partial charge on any atom is -0.376 e. The number of fused-ring (bicyclic) bond motifs is 1. The smallest absolute Gasteiger partial charge is 0.260 e. The van der Waals surface area contributed by atoms with Gasteiger partial charge in [-0.25, -0.2) is 13.4 Å². The Hall–Kier alpha value is -2.33. The summed E-state index contributed by atoms with van der Waals surface area (Å²) in [5.74, 6) is 0.122. The molecule has 2 saturated heterocycles. The van der Waals surface area contributed by atoms with Crippen molar-refractivity contribution in [3.05, 3.63) is 53.6 Å². The molecule has 0 aliphatic carbocycles. The Morgan fingerprint density at radius 3 is 2.61 bits per heavy atom. The van der Waals surface area contributed by atoms with Gasteiger partial charge in [-0.05, 0) is 73.9 Å². The predicted octanol–water partition coefficient (Wildman–Crippen LogP) is 6.20. The molecule has 0 bridgehead atoms. The molecule has 2 aliphatic heterocycles. The fourth-order valence-electron chi connectivity index (χ4n) is 5.54. The number of hydrogen-bond acceptors (Lipinski definition) is 6. The lowest BCUT2D eigenvalue weighted by Crippen LogP contribution is -2.43. The molecule has 2 atom stereocenters. The Morgan fingerprint density at radius 2 is 1.92 bits per heavy atom. The third-order valence-corrected chi connectivity index (χ3v) is 10.7. The molecule has 2 unspecified atom stereocenters. The Balaban J connectivity index is 1.45. The maximum absolute atomic E-state index is 13.9. The van der Waals surface area contributed by atoms with Gasteiger partial charge in [0.2, 0.25) is 10.0 Å². The van der Waals surface area contributed by atoms with E-state index in [9.17, 15) is 13.2 Å². The van der Waals surface area contributed by atoms with Crippen LogP contribution in [0.5, 0.6) is 0 Å². The number of aromatic nitrogens is 1. The van der Waals surface area contributed by atoms with Crippen LogP contribution in [0.15, 0.2) is 47.4 Å². The second-order valence-corrected chi connectivity index (χ2v) is 13.5. The van der Waals surface area contributed by atoms with Crippen LogP contribution in [0.2, 0.25) is 0 Å². The summed E-state index contributed by atoms with van der Waals surface area (Å²) in [6, 6.07) is 12.6. The van der Waals surface area contributed by atoms with Crippen LogP contribution >= 0.6 is 11.3 Å². The van der Waals surface area contributed by atoms with E-state index in [-0.39, 0.29) is 22.9 Å². The van der Waals surface area contributed by atoms with E-state index < -0.39 is 10.0 Å². The number of hydrogen-bond donors (Lipinski definition) is 0. The Bertz CT molecular complexity index is 1380. The monoisotopic (exact) mass is 555 g/mol. The minimum absolute atomic E-state index is 0.0340. The molecular weight excluding hydrogens is 518 g/mol. The highest BCUT2D eigenvalue weighted by atomic mass is 32.2. The molecule has 3 heterocycles. The van der Waals surface area contributed by atoms with Crippen LogP contribution < -0.4 is 4.90 Å². The van der Waals surface area contributed by atoms with Gasteiger partial charge in [0.1, 0.15) is 0 Å². The van der Waals surface area contributed by atoms with Gasteiger partial charge in [0.25, 0.3) is 5.91 Å². The second kappa shape index (κ2) is 11.4. The van der Waals surface area contributed by atoms with E-state index in [0.29, 0.717) is 36.3 Å². The van der Waals surface area contributed by atoms with E-state index in [1.54, 1.807) is 33.5 Å². The Morgan fingerprint density at radius 1 is 1.13 bits per heavy atom. The molecule has 9 heteroatoms. The average Bonchev–Trinajstić information content (AvgIpc) is 3.61. The molecule has 2 aliphatic rings. The van der Waals surface area contributed by atoms with E-state index in [2.05, 4.69) is 19.9 Å². The molecular formula is C29H37N3O4S2. The second-order valence-electron chi connectivity index (χ2n) is 10.6. The van der Waals surface area contributed by atoms with Gasteiger partial charge in [-0.3, -0.25) is 9.69 Å². The lowest BCUT2D eigenvalue weighted by Gasteiger charge is -2.34. The minimum atomic E-state index is -3.61. The van der Waals surface area contributed by atoms with E-state index in [1.807, 2.05) is 19.1 Å². The third kappa shape index (κ3) is 5.39. The number of ether oxygens (including phenoxy) is 1. The van der Waals surface area contributed by atoms with Gasteiger partial charge >= 0.3 is 0 Å². The average molecular weight is 556 g/mol. The molecule has 0 N–H and O–H groups in total. The number of rotatable bonds is 8. The predicted molar refractivity (Wildman–Crippen MR) is 153 cm³/mol. The van der Waals surface area contributed by atoms with Gasteiger partial charge in [-0.15, -0.1) is 0 Å². The molecule has 0 spiro atoms. The zero-order valence-corrected chi connectivity index (χ0v) is 24.1. The standard InChI is InChI=1S/C29H37N3O4S2/c1-4-22-9-5-6-17-32(22)38(34,35)24-15-13-21(14-16-24)28(33)31(19-23-10-8-18-36-23)29-30-27-25(20(2)3)11-7-12-26(27)37-29/h7,11-16,20,22-23H,4-6,8-10,17-19H2,1-3H3. The highest BCUT2D eigenvalue weighted by molar-refractivity contribution is 7.89. The van der Waals surface area contributed by atoms with Crippen LogP contribution in [0.3, 0.4) is 0 Å². The quantitative estimate of drug-likeness (QED) is 0.331. The first-order valence-electron chi connectivity index (χ1n) is 13.7. The number of carbonyl (C=O) groups excluding carboxylic acids is 1. The number of thiazole rings is 1. The normalized spacial score (nSPS) is 20.8. The van der Waals surface area contributed by atoms with Gasteiger partial charge in [0.05, 0.1) is 27.8 Å². The summed E-state index contributed by atoms with van der Waals surface area (Å²) in [5, 5.41) is 0.643. The first kappa shape index (κ1) is 27.2. The summed E-state index contributed by atoms with van der Waals surface area (Å²) in [6.07, 6.45) is 5.47. The van der Waals surface area contributed by atoms with E-state index >= 15 is 0 Å². The van der Waals surface area contributed by atoms with Crippen molar-refractivity contribution < 1.29 is 17.9 Å². The van der Waals surface area contributed by atoms with Crippen LogP contribution in [0.1, 0.15) is 81.1 Å². The SMILES string of the molecule is CCC1CCCCN1S(=O)(=O)c1ccc(C(=O)N(CC2CCCO2)c2nc3c(C(C)C)cccc3s2)cc1. The number of sulfonamides is 1. The molecule has 1 amide bonds. The van der Waals surface area contributed by atoms with Gasteiger partial charge in [0.15, 0.2) is 5.13 Å². The van der Waals surface area contributed by atoms with Crippen LogP contribution in [0, 0.1) is 0 Å². The van der Waals surface area contributed by atoms with Crippen LogP contribution in [-0.2, 0) is 14.8 Å². The van der Waals surface area contributed by atoms with Crippen molar-refractivity contribution in [2.24, 2.45) is 0 Å². The topological polar surface area (TPSA) is 79.8 Å². The maximum Gasteiger partial charge on any atom is 0.260 e. The molecule has 204 valence electrons. The summed E-state index contributed by atoms with van der Waals surface area (Å²) in [5.41, 5.74) is 2.53. The zero-order chi connectivity index (χ0) is 26.9. The number of nitrogens with zero attached hydrogens (tertiary/aromatic N) is 3. The molecule has 0 saturated carbocycles. The third-order valence-electron chi connectivity index (χ3n) is 7.70. The number of carbonyl (C=O) groups is 1.